The van der Waals surface area contributed by atoms with Gasteiger partial charge in [0.1, 0.15) is 0 Å². The van der Waals surface area contributed by atoms with Crippen LogP contribution < -0.4 is 0 Å². The van der Waals surface area contributed by atoms with Gasteiger partial charge in [-0.25, -0.2) is 0 Å². The summed E-state index contributed by atoms with van der Waals surface area (Å²) in [6.07, 6.45) is 6.94. The summed E-state index contributed by atoms with van der Waals surface area (Å²) < 4.78 is 2.10. The smallest absolute Gasteiger partial charge is 0.0655 e. The summed E-state index contributed by atoms with van der Waals surface area (Å²) in [5, 5.41) is 13.5. The maximum Gasteiger partial charge on any atom is 0.0655 e. The van der Waals surface area contributed by atoms with E-state index in [2.05, 4.69) is 22.0 Å². The second kappa shape index (κ2) is 3.09. The molecule has 1 aromatic rings. The molecule has 1 heterocycles. The molecule has 0 radical (unpaired) electrons. The topological polar surface area (TPSA) is 38.0 Å². The van der Waals surface area contributed by atoms with E-state index in [-0.39, 0.29) is 0 Å². The molecule has 3 nitrogen and oxygen atoms in total. The van der Waals surface area contributed by atoms with Gasteiger partial charge < -0.3 is 5.11 Å². The number of hydrogen-bond acceptors (Lipinski definition) is 2. The van der Waals surface area contributed by atoms with E-state index in [1.165, 1.54) is 18.5 Å². The molecule has 1 N–H and O–H groups in total. The SMILES string of the molecule is OC[C@H]1C[C@H](n2ccc(C3CC3)n2)C1. The highest BCUT2D eigenvalue weighted by Gasteiger charge is 2.32. The molecule has 0 saturated heterocycles. The molecule has 1 aromatic heterocycles. The van der Waals surface area contributed by atoms with Crippen molar-refractivity contribution in [1.82, 2.24) is 9.78 Å². The Morgan fingerprint density at radius 1 is 1.43 bits per heavy atom. The molecule has 0 atom stereocenters. The summed E-state index contributed by atoms with van der Waals surface area (Å²) in [5.41, 5.74) is 1.28. The van der Waals surface area contributed by atoms with E-state index in [1.807, 2.05) is 0 Å². The van der Waals surface area contributed by atoms with Crippen LogP contribution in [-0.2, 0) is 0 Å². The highest BCUT2D eigenvalue weighted by atomic mass is 16.3. The standard InChI is InChI=1S/C11H16N2O/c14-7-8-5-10(6-8)13-4-3-11(12-13)9-1-2-9/h3-4,8-10,14H,1-2,5-7H2/t8-,10-. The number of aliphatic hydroxyl groups excluding tert-OH is 1. The van der Waals surface area contributed by atoms with Crippen LogP contribution in [0, 0.1) is 5.92 Å². The van der Waals surface area contributed by atoms with E-state index in [0.29, 0.717) is 18.6 Å². The van der Waals surface area contributed by atoms with Crippen LogP contribution in [0.3, 0.4) is 0 Å². The molecule has 0 aromatic carbocycles. The van der Waals surface area contributed by atoms with Gasteiger partial charge in [-0.3, -0.25) is 4.68 Å². The Kier molecular flexibility index (Phi) is 1.87. The average Bonchev–Trinajstić information content (AvgIpc) is 2.86. The molecule has 3 rings (SSSR count). The minimum absolute atomic E-state index is 0.341. The molecule has 0 unspecified atom stereocenters. The first-order chi connectivity index (χ1) is 6.86. The molecule has 14 heavy (non-hydrogen) atoms. The van der Waals surface area contributed by atoms with Gasteiger partial charge in [0.25, 0.3) is 0 Å². The lowest BCUT2D eigenvalue weighted by Crippen LogP contribution is -2.29. The zero-order valence-corrected chi connectivity index (χ0v) is 8.26. The third kappa shape index (κ3) is 1.36. The van der Waals surface area contributed by atoms with Crippen LogP contribution in [0.2, 0.25) is 0 Å². The van der Waals surface area contributed by atoms with Gasteiger partial charge >= 0.3 is 0 Å². The molecule has 76 valence electrons. The van der Waals surface area contributed by atoms with Crippen LogP contribution >= 0.6 is 0 Å². The molecular formula is C11H16N2O. The van der Waals surface area contributed by atoms with Crippen molar-refractivity contribution in [2.75, 3.05) is 6.61 Å². The first kappa shape index (κ1) is 8.48. The van der Waals surface area contributed by atoms with E-state index in [1.54, 1.807) is 0 Å². The van der Waals surface area contributed by atoms with Crippen LogP contribution in [-0.4, -0.2) is 21.5 Å². The van der Waals surface area contributed by atoms with Gasteiger partial charge in [0, 0.05) is 18.7 Å². The first-order valence-corrected chi connectivity index (χ1v) is 5.52. The predicted molar refractivity (Wildman–Crippen MR) is 53.0 cm³/mol. The van der Waals surface area contributed by atoms with Crippen molar-refractivity contribution in [3.8, 4) is 0 Å². The van der Waals surface area contributed by atoms with E-state index in [0.717, 1.165) is 18.8 Å². The fourth-order valence-electron chi connectivity index (χ4n) is 2.22. The number of nitrogens with zero attached hydrogens (tertiary/aromatic N) is 2. The van der Waals surface area contributed by atoms with Crippen LogP contribution in [0.1, 0.15) is 43.3 Å². The molecule has 0 amide bonds. The average molecular weight is 192 g/mol. The summed E-state index contributed by atoms with van der Waals surface area (Å²) >= 11 is 0. The largest absolute Gasteiger partial charge is 0.396 e. The number of rotatable bonds is 3. The molecule has 0 spiro atoms. The van der Waals surface area contributed by atoms with Gasteiger partial charge in [0.15, 0.2) is 0 Å². The lowest BCUT2D eigenvalue weighted by atomic mass is 9.81. The van der Waals surface area contributed by atoms with Gasteiger partial charge in [-0.15, -0.1) is 0 Å². The lowest BCUT2D eigenvalue weighted by molar-refractivity contribution is 0.105. The van der Waals surface area contributed by atoms with Crippen molar-refractivity contribution in [2.24, 2.45) is 5.92 Å². The minimum Gasteiger partial charge on any atom is -0.396 e. The van der Waals surface area contributed by atoms with Gasteiger partial charge in [0.05, 0.1) is 11.7 Å². The molecule has 2 fully saturated rings. The predicted octanol–water partition coefficient (Wildman–Crippen LogP) is 1.70. The summed E-state index contributed by atoms with van der Waals surface area (Å²) in [4.78, 5) is 0. The van der Waals surface area contributed by atoms with Crippen LogP contribution in [0.25, 0.3) is 0 Å². The molecular weight excluding hydrogens is 176 g/mol. The zero-order valence-electron chi connectivity index (χ0n) is 8.26. The van der Waals surface area contributed by atoms with Gasteiger partial charge in [0.2, 0.25) is 0 Å². The Bertz CT molecular complexity index is 324. The third-order valence-corrected chi connectivity index (χ3v) is 3.47. The number of hydrogen-bond donors (Lipinski definition) is 1. The highest BCUT2D eigenvalue weighted by Crippen LogP contribution is 2.41. The van der Waals surface area contributed by atoms with Crippen molar-refractivity contribution in [3.63, 3.8) is 0 Å². The minimum atomic E-state index is 0.341. The second-order valence-electron chi connectivity index (χ2n) is 4.67. The monoisotopic (exact) mass is 192 g/mol. The summed E-state index contributed by atoms with van der Waals surface area (Å²) in [7, 11) is 0. The van der Waals surface area contributed by atoms with Crippen LogP contribution in [0.4, 0.5) is 0 Å². The van der Waals surface area contributed by atoms with Crippen molar-refractivity contribution in [2.45, 2.75) is 37.6 Å². The molecule has 3 heteroatoms. The fourth-order valence-corrected chi connectivity index (χ4v) is 2.22. The molecule has 0 aliphatic heterocycles. The first-order valence-electron chi connectivity index (χ1n) is 5.52. The summed E-state index contributed by atoms with van der Waals surface area (Å²) in [5.74, 6) is 1.28. The second-order valence-corrected chi connectivity index (χ2v) is 4.67. The summed E-state index contributed by atoms with van der Waals surface area (Å²) in [6.45, 7) is 0.341. The van der Waals surface area contributed by atoms with Crippen LogP contribution in [0.5, 0.6) is 0 Å². The summed E-state index contributed by atoms with van der Waals surface area (Å²) in [6, 6.07) is 2.71. The fraction of sp³-hybridized carbons (Fsp3) is 0.727. The van der Waals surface area contributed by atoms with E-state index >= 15 is 0 Å². The number of aliphatic hydroxyl groups is 1. The lowest BCUT2D eigenvalue weighted by Gasteiger charge is -2.34. The van der Waals surface area contributed by atoms with Gasteiger partial charge in [-0.2, -0.15) is 5.10 Å². The Labute approximate surface area is 83.7 Å². The molecule has 2 aliphatic rings. The Morgan fingerprint density at radius 3 is 2.86 bits per heavy atom. The molecule has 2 saturated carbocycles. The molecule has 0 bridgehead atoms. The van der Waals surface area contributed by atoms with Crippen molar-refractivity contribution in [1.29, 1.82) is 0 Å². The third-order valence-electron chi connectivity index (χ3n) is 3.47. The zero-order chi connectivity index (χ0) is 9.54. The highest BCUT2D eigenvalue weighted by molar-refractivity contribution is 5.13. The maximum absolute atomic E-state index is 8.92. The molecule has 2 aliphatic carbocycles. The van der Waals surface area contributed by atoms with E-state index in [9.17, 15) is 0 Å². The Balaban J connectivity index is 1.66. The van der Waals surface area contributed by atoms with E-state index in [4.69, 9.17) is 5.11 Å². The van der Waals surface area contributed by atoms with Gasteiger partial charge in [-0.05, 0) is 37.7 Å². The van der Waals surface area contributed by atoms with Crippen molar-refractivity contribution < 1.29 is 5.11 Å². The van der Waals surface area contributed by atoms with Crippen LogP contribution in [0.15, 0.2) is 12.3 Å². The normalized spacial score (nSPS) is 31.5. The van der Waals surface area contributed by atoms with Gasteiger partial charge in [-0.1, -0.05) is 0 Å². The Morgan fingerprint density at radius 2 is 2.21 bits per heavy atom. The van der Waals surface area contributed by atoms with Crippen molar-refractivity contribution in [3.05, 3.63) is 18.0 Å². The maximum atomic E-state index is 8.92. The van der Waals surface area contributed by atoms with Crippen molar-refractivity contribution >= 4 is 0 Å². The number of aromatic nitrogens is 2. The quantitative estimate of drug-likeness (QED) is 0.791. The Hall–Kier alpha value is -0.830. The van der Waals surface area contributed by atoms with E-state index < -0.39 is 0 Å².